The first-order valence-corrected chi connectivity index (χ1v) is 7.37. The van der Waals surface area contributed by atoms with Crippen LogP contribution in [0.1, 0.15) is 37.5 Å². The standard InChI is InChI=1S/C16H23N3O2/c1-12(2)8-14(20)10-17-11-16-18-15(19-21-16)9-13-6-4-3-5-7-13/h3-7,12,14,17,20H,8-11H2,1-2H3. The van der Waals surface area contributed by atoms with E-state index in [-0.39, 0.29) is 6.10 Å². The fraction of sp³-hybridized carbons (Fsp3) is 0.500. The van der Waals surface area contributed by atoms with Gasteiger partial charge in [-0.05, 0) is 17.9 Å². The quantitative estimate of drug-likeness (QED) is 0.779. The molecule has 21 heavy (non-hydrogen) atoms. The van der Waals surface area contributed by atoms with Crippen molar-refractivity contribution in [3.05, 3.63) is 47.6 Å². The molecule has 5 heteroatoms. The maximum atomic E-state index is 9.77. The largest absolute Gasteiger partial charge is 0.392 e. The Morgan fingerprint density at radius 1 is 1.24 bits per heavy atom. The molecule has 1 aromatic heterocycles. The molecule has 0 bridgehead atoms. The third-order valence-electron chi connectivity index (χ3n) is 3.11. The number of nitrogens with one attached hydrogen (secondary N) is 1. The first-order chi connectivity index (χ1) is 10.1. The lowest BCUT2D eigenvalue weighted by Gasteiger charge is -2.12. The van der Waals surface area contributed by atoms with Gasteiger partial charge in [-0.15, -0.1) is 0 Å². The number of benzene rings is 1. The van der Waals surface area contributed by atoms with Gasteiger partial charge in [-0.3, -0.25) is 0 Å². The van der Waals surface area contributed by atoms with Gasteiger partial charge in [0.2, 0.25) is 5.89 Å². The fourth-order valence-electron chi connectivity index (χ4n) is 2.19. The SMILES string of the molecule is CC(C)CC(O)CNCc1nc(Cc2ccccc2)no1. The Balaban J connectivity index is 1.76. The lowest BCUT2D eigenvalue weighted by Crippen LogP contribution is -2.27. The van der Waals surface area contributed by atoms with E-state index in [1.165, 1.54) is 0 Å². The van der Waals surface area contributed by atoms with Gasteiger partial charge in [-0.1, -0.05) is 49.3 Å². The van der Waals surface area contributed by atoms with E-state index in [2.05, 4.69) is 29.3 Å². The summed E-state index contributed by atoms with van der Waals surface area (Å²) in [5.41, 5.74) is 1.16. The van der Waals surface area contributed by atoms with E-state index in [4.69, 9.17) is 4.52 Å². The summed E-state index contributed by atoms with van der Waals surface area (Å²) in [4.78, 5) is 4.34. The molecule has 0 spiro atoms. The van der Waals surface area contributed by atoms with Gasteiger partial charge in [0.15, 0.2) is 5.82 Å². The predicted molar refractivity (Wildman–Crippen MR) is 80.7 cm³/mol. The molecule has 114 valence electrons. The van der Waals surface area contributed by atoms with Gasteiger partial charge >= 0.3 is 0 Å². The number of aliphatic hydroxyl groups excluding tert-OH is 1. The smallest absolute Gasteiger partial charge is 0.240 e. The first kappa shape index (κ1) is 15.7. The Morgan fingerprint density at radius 3 is 2.71 bits per heavy atom. The Bertz CT molecular complexity index is 525. The minimum Gasteiger partial charge on any atom is -0.392 e. The van der Waals surface area contributed by atoms with Crippen molar-refractivity contribution in [1.29, 1.82) is 0 Å². The average Bonchev–Trinajstić information content (AvgIpc) is 2.86. The van der Waals surface area contributed by atoms with E-state index in [0.717, 1.165) is 12.0 Å². The zero-order chi connectivity index (χ0) is 15.1. The van der Waals surface area contributed by atoms with Gasteiger partial charge in [-0.25, -0.2) is 0 Å². The third-order valence-corrected chi connectivity index (χ3v) is 3.11. The lowest BCUT2D eigenvalue weighted by molar-refractivity contribution is 0.145. The number of rotatable bonds is 8. The summed E-state index contributed by atoms with van der Waals surface area (Å²) < 4.78 is 5.19. The maximum absolute atomic E-state index is 9.77. The number of hydrogen-bond donors (Lipinski definition) is 2. The highest BCUT2D eigenvalue weighted by atomic mass is 16.5. The summed E-state index contributed by atoms with van der Waals surface area (Å²) in [6.45, 7) is 5.21. The monoisotopic (exact) mass is 289 g/mol. The molecule has 2 N–H and O–H groups in total. The van der Waals surface area contributed by atoms with E-state index in [9.17, 15) is 5.11 Å². The minimum absolute atomic E-state index is 0.336. The zero-order valence-corrected chi connectivity index (χ0v) is 12.6. The molecule has 0 aliphatic carbocycles. The van der Waals surface area contributed by atoms with Crippen molar-refractivity contribution in [2.24, 2.45) is 5.92 Å². The van der Waals surface area contributed by atoms with Crippen molar-refractivity contribution < 1.29 is 9.63 Å². The molecule has 1 aromatic carbocycles. The highest BCUT2D eigenvalue weighted by molar-refractivity contribution is 5.18. The predicted octanol–water partition coefficient (Wildman–Crippen LogP) is 2.16. The molecule has 0 saturated heterocycles. The first-order valence-electron chi connectivity index (χ1n) is 7.37. The van der Waals surface area contributed by atoms with Crippen LogP contribution in [0, 0.1) is 5.92 Å². The molecule has 0 aliphatic rings. The molecule has 1 atom stereocenters. The van der Waals surface area contributed by atoms with Gasteiger partial charge in [-0.2, -0.15) is 4.98 Å². The second-order valence-electron chi connectivity index (χ2n) is 5.68. The van der Waals surface area contributed by atoms with Crippen LogP contribution in [0.3, 0.4) is 0 Å². The van der Waals surface area contributed by atoms with Crippen LogP contribution in [-0.4, -0.2) is 27.9 Å². The van der Waals surface area contributed by atoms with Crippen molar-refractivity contribution in [2.45, 2.75) is 39.3 Å². The number of aliphatic hydroxyl groups is 1. The van der Waals surface area contributed by atoms with E-state index in [1.807, 2.05) is 30.3 Å². The Hall–Kier alpha value is -1.72. The molecule has 2 rings (SSSR count). The van der Waals surface area contributed by atoms with Gasteiger partial charge in [0, 0.05) is 13.0 Å². The molecule has 0 saturated carbocycles. The number of nitrogens with zero attached hydrogens (tertiary/aromatic N) is 2. The van der Waals surface area contributed by atoms with Crippen LogP contribution in [0.15, 0.2) is 34.9 Å². The second-order valence-corrected chi connectivity index (χ2v) is 5.68. The molecular formula is C16H23N3O2. The van der Waals surface area contributed by atoms with Crippen LogP contribution in [0.5, 0.6) is 0 Å². The highest BCUT2D eigenvalue weighted by Gasteiger charge is 2.09. The molecule has 5 nitrogen and oxygen atoms in total. The molecule has 1 heterocycles. The summed E-state index contributed by atoms with van der Waals surface area (Å²) in [6.07, 6.45) is 1.12. The van der Waals surface area contributed by atoms with Crippen LogP contribution < -0.4 is 5.32 Å². The van der Waals surface area contributed by atoms with E-state index >= 15 is 0 Å². The fourth-order valence-corrected chi connectivity index (χ4v) is 2.19. The second kappa shape index (κ2) is 7.90. The summed E-state index contributed by atoms with van der Waals surface area (Å²) in [7, 11) is 0. The van der Waals surface area contributed by atoms with Crippen molar-refractivity contribution in [2.75, 3.05) is 6.54 Å². The molecule has 0 amide bonds. The summed E-state index contributed by atoms with van der Waals surface area (Å²) in [6, 6.07) is 10.0. The van der Waals surface area contributed by atoms with Crippen LogP contribution >= 0.6 is 0 Å². The average molecular weight is 289 g/mol. The van der Waals surface area contributed by atoms with E-state index < -0.39 is 0 Å². The normalized spacial score (nSPS) is 12.8. The third kappa shape index (κ3) is 5.65. The van der Waals surface area contributed by atoms with Crippen LogP contribution in [0.4, 0.5) is 0 Å². The van der Waals surface area contributed by atoms with Crippen molar-refractivity contribution in [3.8, 4) is 0 Å². The summed E-state index contributed by atoms with van der Waals surface area (Å²) in [5, 5.41) is 16.9. The van der Waals surface area contributed by atoms with Gasteiger partial charge in [0.1, 0.15) is 0 Å². The van der Waals surface area contributed by atoms with Gasteiger partial charge in [0.25, 0.3) is 0 Å². The molecule has 0 aliphatic heterocycles. The van der Waals surface area contributed by atoms with Crippen LogP contribution in [-0.2, 0) is 13.0 Å². The topological polar surface area (TPSA) is 71.2 Å². The lowest BCUT2D eigenvalue weighted by atomic mass is 10.1. The molecule has 2 aromatic rings. The van der Waals surface area contributed by atoms with Crippen molar-refractivity contribution in [1.82, 2.24) is 15.5 Å². The Kier molecular flexibility index (Phi) is 5.90. The van der Waals surface area contributed by atoms with Crippen LogP contribution in [0.2, 0.25) is 0 Å². The maximum Gasteiger partial charge on any atom is 0.240 e. The Labute approximate surface area is 125 Å². The van der Waals surface area contributed by atoms with Crippen molar-refractivity contribution in [3.63, 3.8) is 0 Å². The van der Waals surface area contributed by atoms with E-state index in [0.29, 0.717) is 37.1 Å². The van der Waals surface area contributed by atoms with Gasteiger partial charge < -0.3 is 14.9 Å². The van der Waals surface area contributed by atoms with Gasteiger partial charge in [0.05, 0.1) is 12.6 Å². The van der Waals surface area contributed by atoms with E-state index in [1.54, 1.807) is 0 Å². The molecule has 0 fully saturated rings. The minimum atomic E-state index is -0.336. The zero-order valence-electron chi connectivity index (χ0n) is 12.6. The summed E-state index contributed by atoms with van der Waals surface area (Å²) >= 11 is 0. The summed E-state index contributed by atoms with van der Waals surface area (Å²) in [5.74, 6) is 1.72. The number of aromatic nitrogens is 2. The molecule has 1 unspecified atom stereocenters. The highest BCUT2D eigenvalue weighted by Crippen LogP contribution is 2.07. The number of hydrogen-bond acceptors (Lipinski definition) is 5. The molecule has 0 radical (unpaired) electrons. The Morgan fingerprint density at radius 2 is 2.00 bits per heavy atom. The molecular weight excluding hydrogens is 266 g/mol. The van der Waals surface area contributed by atoms with Crippen LogP contribution in [0.25, 0.3) is 0 Å². The van der Waals surface area contributed by atoms with Crippen molar-refractivity contribution >= 4 is 0 Å².